The van der Waals surface area contributed by atoms with Crippen molar-refractivity contribution in [2.24, 2.45) is 0 Å². The molecule has 0 aromatic heterocycles. The average molecular weight is 237 g/mol. The van der Waals surface area contributed by atoms with E-state index in [1.54, 1.807) is 0 Å². The molecule has 0 saturated heterocycles. The summed E-state index contributed by atoms with van der Waals surface area (Å²) < 4.78 is 0. The summed E-state index contributed by atoms with van der Waals surface area (Å²) in [6.07, 6.45) is 1.12. The van der Waals surface area contributed by atoms with E-state index in [4.69, 9.17) is 0 Å². The number of thioether (sulfide) groups is 1. The number of nitrogens with one attached hydrogen (secondary N) is 1. The molecule has 0 fully saturated rings. The molecule has 0 saturated carbocycles. The summed E-state index contributed by atoms with van der Waals surface area (Å²) in [4.78, 5) is 0. The van der Waals surface area contributed by atoms with E-state index < -0.39 is 0 Å². The lowest BCUT2D eigenvalue weighted by Gasteiger charge is -2.14. The van der Waals surface area contributed by atoms with Crippen molar-refractivity contribution in [1.82, 2.24) is 5.32 Å². The zero-order valence-corrected chi connectivity index (χ0v) is 11.4. The minimum Gasteiger partial charge on any atom is -0.309 e. The van der Waals surface area contributed by atoms with Gasteiger partial charge in [-0.05, 0) is 30.2 Å². The molecule has 0 radical (unpaired) electrons. The predicted molar refractivity (Wildman–Crippen MR) is 75.1 cm³/mol. The van der Waals surface area contributed by atoms with Crippen LogP contribution in [0.25, 0.3) is 0 Å². The van der Waals surface area contributed by atoms with Crippen molar-refractivity contribution >= 4 is 11.8 Å². The molecule has 1 atom stereocenters. The first kappa shape index (κ1) is 13.6. The highest BCUT2D eigenvalue weighted by Gasteiger charge is 2.03. The number of aryl methyl sites for hydroxylation is 1. The van der Waals surface area contributed by atoms with Crippen molar-refractivity contribution in [3.63, 3.8) is 0 Å². The molecule has 0 bridgehead atoms. The molecule has 0 aliphatic heterocycles. The second-order valence-electron chi connectivity index (χ2n) is 4.06. The van der Waals surface area contributed by atoms with E-state index in [0.717, 1.165) is 13.0 Å². The summed E-state index contributed by atoms with van der Waals surface area (Å²) in [6.45, 7) is 7.69. The van der Waals surface area contributed by atoms with Gasteiger partial charge in [0.1, 0.15) is 0 Å². The van der Waals surface area contributed by atoms with Gasteiger partial charge in [0, 0.05) is 18.3 Å². The minimum absolute atomic E-state index is 0.592. The second kappa shape index (κ2) is 7.75. The van der Waals surface area contributed by atoms with E-state index >= 15 is 0 Å². The van der Waals surface area contributed by atoms with Crippen LogP contribution in [-0.2, 0) is 13.0 Å². The van der Waals surface area contributed by atoms with Gasteiger partial charge in [-0.15, -0.1) is 0 Å². The fraction of sp³-hybridized carbons (Fsp3) is 0.571. The Hall–Kier alpha value is -0.470. The highest BCUT2D eigenvalue weighted by atomic mass is 32.2. The van der Waals surface area contributed by atoms with Gasteiger partial charge in [-0.25, -0.2) is 0 Å². The van der Waals surface area contributed by atoms with Crippen LogP contribution in [0, 0.1) is 0 Å². The Kier molecular flexibility index (Phi) is 6.58. The van der Waals surface area contributed by atoms with E-state index in [-0.39, 0.29) is 0 Å². The van der Waals surface area contributed by atoms with Gasteiger partial charge in [-0.3, -0.25) is 0 Å². The van der Waals surface area contributed by atoms with E-state index in [0.29, 0.717) is 6.04 Å². The van der Waals surface area contributed by atoms with Crippen LogP contribution in [0.5, 0.6) is 0 Å². The maximum atomic E-state index is 3.59. The molecular weight excluding hydrogens is 214 g/mol. The maximum Gasteiger partial charge on any atom is 0.0211 e. The minimum atomic E-state index is 0.592. The van der Waals surface area contributed by atoms with E-state index in [2.05, 4.69) is 50.4 Å². The van der Waals surface area contributed by atoms with Crippen LogP contribution in [0.2, 0.25) is 0 Å². The van der Waals surface area contributed by atoms with Crippen LogP contribution < -0.4 is 5.32 Å². The van der Waals surface area contributed by atoms with Crippen LogP contribution in [0.15, 0.2) is 24.3 Å². The van der Waals surface area contributed by atoms with Crippen LogP contribution >= 0.6 is 11.8 Å². The topological polar surface area (TPSA) is 12.0 Å². The monoisotopic (exact) mass is 237 g/mol. The Morgan fingerprint density at radius 2 is 1.88 bits per heavy atom. The van der Waals surface area contributed by atoms with Gasteiger partial charge in [-0.2, -0.15) is 11.8 Å². The quantitative estimate of drug-likeness (QED) is 0.779. The third-order valence-corrected chi connectivity index (χ3v) is 3.86. The van der Waals surface area contributed by atoms with Crippen molar-refractivity contribution in [3.8, 4) is 0 Å². The molecule has 0 amide bonds. The molecular formula is C14H23NS. The van der Waals surface area contributed by atoms with Crippen molar-refractivity contribution in [3.05, 3.63) is 35.4 Å². The third kappa shape index (κ3) is 4.58. The third-order valence-electron chi connectivity index (χ3n) is 2.71. The highest BCUT2D eigenvalue weighted by Crippen LogP contribution is 2.10. The largest absolute Gasteiger partial charge is 0.309 e. The maximum absolute atomic E-state index is 3.59. The standard InChI is InChI=1S/C14H23NS/c1-4-13-8-6-7-9-14(13)10-15-12(3)11-16-5-2/h6-9,12,15H,4-5,10-11H2,1-3H3. The molecule has 90 valence electrons. The average Bonchev–Trinajstić information content (AvgIpc) is 2.34. The molecule has 1 unspecified atom stereocenters. The molecule has 1 rings (SSSR count). The summed E-state index contributed by atoms with van der Waals surface area (Å²) in [6, 6.07) is 9.30. The van der Waals surface area contributed by atoms with Crippen molar-refractivity contribution in [2.75, 3.05) is 11.5 Å². The molecule has 16 heavy (non-hydrogen) atoms. The first-order valence-electron chi connectivity index (χ1n) is 6.15. The predicted octanol–water partition coefficient (Wildman–Crippen LogP) is 3.48. The molecule has 1 nitrogen and oxygen atoms in total. The SMILES string of the molecule is CCSCC(C)NCc1ccccc1CC. The van der Waals surface area contributed by atoms with Crippen LogP contribution in [0.4, 0.5) is 0 Å². The second-order valence-corrected chi connectivity index (χ2v) is 5.38. The Morgan fingerprint density at radius 1 is 1.19 bits per heavy atom. The van der Waals surface area contributed by atoms with Crippen LogP contribution in [0.1, 0.15) is 31.9 Å². The zero-order chi connectivity index (χ0) is 11.8. The Morgan fingerprint density at radius 3 is 2.50 bits per heavy atom. The molecule has 0 spiro atoms. The van der Waals surface area contributed by atoms with Gasteiger partial charge in [0.15, 0.2) is 0 Å². The van der Waals surface area contributed by atoms with E-state index in [1.807, 2.05) is 11.8 Å². The number of rotatable bonds is 7. The Bertz CT molecular complexity index is 299. The molecule has 2 heteroatoms. The first-order chi connectivity index (χ1) is 7.77. The van der Waals surface area contributed by atoms with Crippen LogP contribution in [0.3, 0.4) is 0 Å². The summed E-state index contributed by atoms with van der Waals surface area (Å²) in [5.41, 5.74) is 2.91. The van der Waals surface area contributed by atoms with Gasteiger partial charge in [-0.1, -0.05) is 38.1 Å². The Balaban J connectivity index is 2.41. The van der Waals surface area contributed by atoms with Crippen molar-refractivity contribution < 1.29 is 0 Å². The summed E-state index contributed by atoms with van der Waals surface area (Å²) in [5.74, 6) is 2.41. The molecule has 0 aliphatic carbocycles. The number of benzene rings is 1. The molecule has 1 aromatic carbocycles. The summed E-state index contributed by atoms with van der Waals surface area (Å²) >= 11 is 2.00. The molecule has 0 aliphatic rings. The van der Waals surface area contributed by atoms with Crippen LogP contribution in [-0.4, -0.2) is 17.5 Å². The smallest absolute Gasteiger partial charge is 0.0211 e. The summed E-state index contributed by atoms with van der Waals surface area (Å²) in [5, 5.41) is 3.59. The lowest BCUT2D eigenvalue weighted by atomic mass is 10.1. The van der Waals surface area contributed by atoms with Gasteiger partial charge in [0.25, 0.3) is 0 Å². The number of hydrogen-bond acceptors (Lipinski definition) is 2. The molecule has 0 heterocycles. The normalized spacial score (nSPS) is 12.7. The fourth-order valence-corrected chi connectivity index (χ4v) is 2.42. The van der Waals surface area contributed by atoms with Crippen molar-refractivity contribution in [1.29, 1.82) is 0 Å². The number of hydrogen-bond donors (Lipinski definition) is 1. The van der Waals surface area contributed by atoms with E-state index in [9.17, 15) is 0 Å². The fourth-order valence-electron chi connectivity index (χ4n) is 1.71. The molecule has 1 aromatic rings. The van der Waals surface area contributed by atoms with Gasteiger partial charge >= 0.3 is 0 Å². The summed E-state index contributed by atoms with van der Waals surface area (Å²) in [7, 11) is 0. The van der Waals surface area contributed by atoms with Gasteiger partial charge < -0.3 is 5.32 Å². The van der Waals surface area contributed by atoms with Gasteiger partial charge in [0.05, 0.1) is 0 Å². The lowest BCUT2D eigenvalue weighted by Crippen LogP contribution is -2.28. The van der Waals surface area contributed by atoms with Gasteiger partial charge in [0.2, 0.25) is 0 Å². The zero-order valence-electron chi connectivity index (χ0n) is 10.6. The molecule has 1 N–H and O–H groups in total. The van der Waals surface area contributed by atoms with Crippen molar-refractivity contribution in [2.45, 2.75) is 39.8 Å². The Labute approximate surface area is 104 Å². The first-order valence-corrected chi connectivity index (χ1v) is 7.31. The lowest BCUT2D eigenvalue weighted by molar-refractivity contribution is 0.593. The highest BCUT2D eigenvalue weighted by molar-refractivity contribution is 7.99. The van der Waals surface area contributed by atoms with E-state index in [1.165, 1.54) is 22.6 Å².